The van der Waals surface area contributed by atoms with Gasteiger partial charge in [0.1, 0.15) is 0 Å². The van der Waals surface area contributed by atoms with Crippen LogP contribution in [-0.2, 0) is 4.79 Å². The van der Waals surface area contributed by atoms with Crippen molar-refractivity contribution in [3.63, 3.8) is 0 Å². The van der Waals surface area contributed by atoms with E-state index in [1.165, 1.54) is 30.2 Å². The molecule has 1 atom stereocenters. The van der Waals surface area contributed by atoms with Gasteiger partial charge in [0.25, 0.3) is 0 Å². The first-order valence-corrected chi connectivity index (χ1v) is 7.77. The standard InChI is InChI=1S/C18H27NO2/c1-5-7-12-19(15(4)6-2)17-10-8-16(13-14(17)3)9-11-18(20)21/h8-11,13,15H,5-7,12H2,1-4H3,(H,20,21). The SMILES string of the molecule is CCCCN(c1ccc(C=CC(=O)O)cc1C)C(C)CC. The molecule has 1 N–H and O–H groups in total. The first-order valence-electron chi connectivity index (χ1n) is 7.77. The van der Waals surface area contributed by atoms with Crippen molar-refractivity contribution in [1.82, 2.24) is 0 Å². The van der Waals surface area contributed by atoms with Gasteiger partial charge in [0, 0.05) is 24.4 Å². The second-order valence-electron chi connectivity index (χ2n) is 5.52. The van der Waals surface area contributed by atoms with Gasteiger partial charge < -0.3 is 10.0 Å². The van der Waals surface area contributed by atoms with Crippen LogP contribution in [-0.4, -0.2) is 23.7 Å². The number of hydrogen-bond donors (Lipinski definition) is 1. The Morgan fingerprint density at radius 1 is 1.38 bits per heavy atom. The van der Waals surface area contributed by atoms with Crippen LogP contribution in [0.2, 0.25) is 0 Å². The molecule has 3 nitrogen and oxygen atoms in total. The van der Waals surface area contributed by atoms with E-state index in [2.05, 4.69) is 44.7 Å². The number of unbranched alkanes of at least 4 members (excludes halogenated alkanes) is 1. The minimum Gasteiger partial charge on any atom is -0.478 e. The third-order valence-corrected chi connectivity index (χ3v) is 3.82. The fourth-order valence-electron chi connectivity index (χ4n) is 2.40. The van der Waals surface area contributed by atoms with Crippen molar-refractivity contribution in [2.75, 3.05) is 11.4 Å². The second kappa shape index (κ2) is 8.50. The van der Waals surface area contributed by atoms with Crippen molar-refractivity contribution in [3.8, 4) is 0 Å². The molecule has 0 amide bonds. The average molecular weight is 289 g/mol. The van der Waals surface area contributed by atoms with Crippen LogP contribution in [0.3, 0.4) is 0 Å². The third kappa shape index (κ3) is 5.25. The van der Waals surface area contributed by atoms with Gasteiger partial charge in [-0.05, 0) is 56.0 Å². The number of hydrogen-bond acceptors (Lipinski definition) is 2. The summed E-state index contributed by atoms with van der Waals surface area (Å²) in [7, 11) is 0. The smallest absolute Gasteiger partial charge is 0.328 e. The lowest BCUT2D eigenvalue weighted by molar-refractivity contribution is -0.131. The van der Waals surface area contributed by atoms with E-state index >= 15 is 0 Å². The molecule has 0 saturated heterocycles. The molecule has 0 spiro atoms. The Labute approximate surface area is 128 Å². The maximum Gasteiger partial charge on any atom is 0.328 e. The summed E-state index contributed by atoms with van der Waals surface area (Å²) in [6.07, 6.45) is 6.30. The van der Waals surface area contributed by atoms with E-state index in [9.17, 15) is 4.79 Å². The summed E-state index contributed by atoms with van der Waals surface area (Å²) in [5.74, 6) is -0.916. The van der Waals surface area contributed by atoms with Crippen LogP contribution in [0.5, 0.6) is 0 Å². The number of aryl methyl sites for hydroxylation is 1. The van der Waals surface area contributed by atoms with Crippen LogP contribution >= 0.6 is 0 Å². The van der Waals surface area contributed by atoms with E-state index in [1.807, 2.05) is 6.07 Å². The summed E-state index contributed by atoms with van der Waals surface area (Å²) in [5.41, 5.74) is 3.38. The fourth-order valence-corrected chi connectivity index (χ4v) is 2.40. The Kier molecular flexibility index (Phi) is 7.00. The van der Waals surface area contributed by atoms with Gasteiger partial charge in [0.15, 0.2) is 0 Å². The van der Waals surface area contributed by atoms with Crippen molar-refractivity contribution in [3.05, 3.63) is 35.4 Å². The lowest BCUT2D eigenvalue weighted by Gasteiger charge is -2.32. The van der Waals surface area contributed by atoms with Crippen LogP contribution in [0.1, 0.15) is 51.2 Å². The number of benzene rings is 1. The van der Waals surface area contributed by atoms with Crippen molar-refractivity contribution in [2.45, 2.75) is 53.0 Å². The zero-order valence-corrected chi connectivity index (χ0v) is 13.6. The van der Waals surface area contributed by atoms with E-state index in [0.29, 0.717) is 6.04 Å². The minimum absolute atomic E-state index is 0.510. The Morgan fingerprint density at radius 3 is 2.62 bits per heavy atom. The predicted molar refractivity (Wildman–Crippen MR) is 89.9 cm³/mol. The van der Waals surface area contributed by atoms with E-state index in [-0.39, 0.29) is 0 Å². The summed E-state index contributed by atoms with van der Waals surface area (Å²) in [6, 6.07) is 6.66. The van der Waals surface area contributed by atoms with Gasteiger partial charge in [-0.3, -0.25) is 0 Å². The number of carboxylic acid groups (broad SMARTS) is 1. The largest absolute Gasteiger partial charge is 0.478 e. The molecule has 1 aromatic rings. The lowest BCUT2D eigenvalue weighted by Crippen LogP contribution is -2.34. The number of anilines is 1. The average Bonchev–Trinajstić information content (AvgIpc) is 2.46. The Morgan fingerprint density at radius 2 is 2.10 bits per heavy atom. The highest BCUT2D eigenvalue weighted by atomic mass is 16.4. The van der Waals surface area contributed by atoms with E-state index in [4.69, 9.17) is 5.11 Å². The summed E-state index contributed by atoms with van der Waals surface area (Å²) in [5, 5.41) is 8.69. The topological polar surface area (TPSA) is 40.5 Å². The highest BCUT2D eigenvalue weighted by Gasteiger charge is 2.14. The van der Waals surface area contributed by atoms with Crippen LogP contribution in [0.25, 0.3) is 6.08 Å². The van der Waals surface area contributed by atoms with Gasteiger partial charge in [-0.15, -0.1) is 0 Å². The number of aliphatic carboxylic acids is 1. The summed E-state index contributed by atoms with van der Waals surface area (Å²) < 4.78 is 0. The minimum atomic E-state index is -0.916. The van der Waals surface area contributed by atoms with Crippen LogP contribution in [0.15, 0.2) is 24.3 Å². The highest BCUT2D eigenvalue weighted by molar-refractivity contribution is 5.85. The van der Waals surface area contributed by atoms with Gasteiger partial charge in [-0.2, -0.15) is 0 Å². The molecule has 0 fully saturated rings. The van der Waals surface area contributed by atoms with Gasteiger partial charge in [0.2, 0.25) is 0 Å². The normalized spacial score (nSPS) is 12.6. The third-order valence-electron chi connectivity index (χ3n) is 3.82. The van der Waals surface area contributed by atoms with Gasteiger partial charge in [0.05, 0.1) is 0 Å². The van der Waals surface area contributed by atoms with Gasteiger partial charge >= 0.3 is 5.97 Å². The van der Waals surface area contributed by atoms with Crippen molar-refractivity contribution < 1.29 is 9.90 Å². The van der Waals surface area contributed by atoms with E-state index in [1.54, 1.807) is 6.08 Å². The fraction of sp³-hybridized carbons (Fsp3) is 0.500. The zero-order valence-electron chi connectivity index (χ0n) is 13.6. The van der Waals surface area contributed by atoms with Gasteiger partial charge in [-0.1, -0.05) is 26.3 Å². The Hall–Kier alpha value is -1.77. The predicted octanol–water partition coefficient (Wildman–Crippen LogP) is 4.50. The molecule has 1 unspecified atom stereocenters. The molecule has 0 saturated carbocycles. The molecule has 0 heterocycles. The molecule has 116 valence electrons. The molecule has 0 radical (unpaired) electrons. The van der Waals surface area contributed by atoms with Crippen molar-refractivity contribution in [1.29, 1.82) is 0 Å². The molecule has 0 aliphatic carbocycles. The highest BCUT2D eigenvalue weighted by Crippen LogP contribution is 2.25. The lowest BCUT2D eigenvalue weighted by atomic mass is 10.1. The maximum absolute atomic E-state index is 10.6. The van der Waals surface area contributed by atoms with Crippen LogP contribution < -0.4 is 4.90 Å². The molecule has 0 aliphatic heterocycles. The molecule has 0 bridgehead atoms. The van der Waals surface area contributed by atoms with Crippen molar-refractivity contribution in [2.24, 2.45) is 0 Å². The monoisotopic (exact) mass is 289 g/mol. The quantitative estimate of drug-likeness (QED) is 0.716. The number of carboxylic acids is 1. The first kappa shape index (κ1) is 17.3. The van der Waals surface area contributed by atoms with Crippen molar-refractivity contribution >= 4 is 17.7 Å². The second-order valence-corrected chi connectivity index (χ2v) is 5.52. The molecule has 0 aliphatic rings. The zero-order chi connectivity index (χ0) is 15.8. The number of rotatable bonds is 8. The molecule has 0 aromatic heterocycles. The summed E-state index contributed by atoms with van der Waals surface area (Å²) in [4.78, 5) is 13.0. The first-order chi connectivity index (χ1) is 9.99. The molecule has 1 rings (SSSR count). The van der Waals surface area contributed by atoms with Gasteiger partial charge in [-0.25, -0.2) is 4.79 Å². The number of carbonyl (C=O) groups is 1. The van der Waals surface area contributed by atoms with Crippen LogP contribution in [0, 0.1) is 6.92 Å². The molecule has 21 heavy (non-hydrogen) atoms. The maximum atomic E-state index is 10.6. The molecular formula is C18H27NO2. The number of nitrogens with zero attached hydrogens (tertiary/aromatic N) is 1. The van der Waals surface area contributed by atoms with Crippen LogP contribution in [0.4, 0.5) is 5.69 Å². The Bertz CT molecular complexity index is 494. The molecule has 3 heteroatoms. The Balaban J connectivity index is 3.01. The summed E-state index contributed by atoms with van der Waals surface area (Å²) >= 11 is 0. The van der Waals surface area contributed by atoms with E-state index < -0.39 is 5.97 Å². The summed E-state index contributed by atoms with van der Waals surface area (Å²) in [6.45, 7) is 9.84. The molecule has 1 aromatic carbocycles. The van der Waals surface area contributed by atoms with E-state index in [0.717, 1.165) is 18.5 Å². The molecular weight excluding hydrogens is 262 g/mol.